The maximum absolute atomic E-state index is 10.8. The third-order valence-corrected chi connectivity index (χ3v) is 1.68. The summed E-state index contributed by atoms with van der Waals surface area (Å²) < 4.78 is 4.33. The second kappa shape index (κ2) is 3.40. The van der Waals surface area contributed by atoms with Gasteiger partial charge in [-0.1, -0.05) is 6.08 Å². The lowest BCUT2D eigenvalue weighted by Gasteiger charge is -2.09. The Morgan fingerprint density at radius 1 is 1.60 bits per heavy atom. The van der Waals surface area contributed by atoms with E-state index in [1.807, 2.05) is 6.08 Å². The molecular weight excluding hydrogens is 128 g/mol. The van der Waals surface area contributed by atoms with Crippen molar-refractivity contribution in [3.05, 3.63) is 18.8 Å². The number of hydrogen-bond donors (Lipinski definition) is 0. The predicted molar refractivity (Wildman–Crippen MR) is 38.0 cm³/mol. The first-order valence-corrected chi connectivity index (χ1v) is 3.50. The average Bonchev–Trinajstić information content (AvgIpc) is 2.05. The van der Waals surface area contributed by atoms with Gasteiger partial charge in [-0.25, -0.2) is 4.79 Å². The van der Waals surface area contributed by atoms with E-state index in [9.17, 15) is 4.79 Å². The Labute approximate surface area is 60.9 Å². The van der Waals surface area contributed by atoms with Gasteiger partial charge < -0.3 is 4.74 Å². The molecule has 0 aliphatic heterocycles. The largest absolute Gasteiger partial charge is 0.459 e. The van der Waals surface area contributed by atoms with Gasteiger partial charge in [-0.05, 0) is 25.7 Å². The summed E-state index contributed by atoms with van der Waals surface area (Å²) in [5.74, 6) is -0.264. The number of esters is 1. The van der Waals surface area contributed by atoms with Crippen molar-refractivity contribution < 1.29 is 9.53 Å². The van der Waals surface area contributed by atoms with Crippen molar-refractivity contribution in [3.63, 3.8) is 0 Å². The van der Waals surface area contributed by atoms with Crippen molar-refractivity contribution >= 4 is 5.97 Å². The standard InChI is InChI=1S/C8H11O2/c1-10-8(9)7-5-3-2-4-6-7/h5H,1-4,6H2. The highest BCUT2D eigenvalue weighted by atomic mass is 16.5. The summed E-state index contributed by atoms with van der Waals surface area (Å²) in [6, 6.07) is 0. The third-order valence-electron chi connectivity index (χ3n) is 1.68. The SMILES string of the molecule is [CH2]OC(=O)C1=CCCCC1. The minimum absolute atomic E-state index is 0.264. The first-order valence-electron chi connectivity index (χ1n) is 3.50. The lowest BCUT2D eigenvalue weighted by atomic mass is 10.00. The van der Waals surface area contributed by atoms with Crippen LogP contribution in [0.1, 0.15) is 25.7 Å². The zero-order chi connectivity index (χ0) is 7.40. The molecule has 1 aliphatic rings. The summed E-state index contributed by atoms with van der Waals surface area (Å²) in [7, 11) is 3.07. The Morgan fingerprint density at radius 3 is 2.90 bits per heavy atom. The van der Waals surface area contributed by atoms with Gasteiger partial charge in [-0.2, -0.15) is 0 Å². The monoisotopic (exact) mass is 139 g/mol. The van der Waals surface area contributed by atoms with Gasteiger partial charge in [0.25, 0.3) is 0 Å². The van der Waals surface area contributed by atoms with Crippen molar-refractivity contribution in [3.8, 4) is 0 Å². The van der Waals surface area contributed by atoms with Crippen molar-refractivity contribution in [1.82, 2.24) is 0 Å². The molecule has 1 rings (SSSR count). The molecule has 1 radical (unpaired) electrons. The zero-order valence-electron chi connectivity index (χ0n) is 5.93. The number of carbonyl (C=O) groups excluding carboxylic acids is 1. The van der Waals surface area contributed by atoms with Gasteiger partial charge in [0.05, 0.1) is 0 Å². The van der Waals surface area contributed by atoms with E-state index >= 15 is 0 Å². The van der Waals surface area contributed by atoms with Gasteiger partial charge in [-0.15, -0.1) is 0 Å². The van der Waals surface area contributed by atoms with Crippen LogP contribution in [0, 0.1) is 7.11 Å². The molecule has 55 valence electrons. The Hall–Kier alpha value is -0.790. The average molecular weight is 139 g/mol. The van der Waals surface area contributed by atoms with E-state index in [2.05, 4.69) is 11.8 Å². The fourth-order valence-electron chi connectivity index (χ4n) is 1.12. The lowest BCUT2D eigenvalue weighted by Crippen LogP contribution is -2.05. The maximum Gasteiger partial charge on any atom is 0.333 e. The molecule has 0 bridgehead atoms. The number of hydrogen-bond acceptors (Lipinski definition) is 2. The van der Waals surface area contributed by atoms with E-state index in [4.69, 9.17) is 0 Å². The smallest absolute Gasteiger partial charge is 0.333 e. The van der Waals surface area contributed by atoms with Crippen LogP contribution in [0.5, 0.6) is 0 Å². The molecule has 0 saturated carbocycles. The Kier molecular flexibility index (Phi) is 2.49. The van der Waals surface area contributed by atoms with Gasteiger partial charge >= 0.3 is 5.97 Å². The molecule has 2 nitrogen and oxygen atoms in total. The number of rotatable bonds is 1. The molecule has 0 aromatic carbocycles. The fourth-order valence-corrected chi connectivity index (χ4v) is 1.12. The van der Waals surface area contributed by atoms with Crippen LogP contribution in [-0.4, -0.2) is 5.97 Å². The van der Waals surface area contributed by atoms with Crippen LogP contribution < -0.4 is 0 Å². The second-order valence-electron chi connectivity index (χ2n) is 2.41. The predicted octanol–water partition coefficient (Wildman–Crippen LogP) is 1.82. The van der Waals surface area contributed by atoms with Crippen LogP contribution in [0.25, 0.3) is 0 Å². The van der Waals surface area contributed by atoms with Crippen LogP contribution in [-0.2, 0) is 9.53 Å². The Bertz CT molecular complexity index is 159. The normalized spacial score (nSPS) is 17.9. The molecule has 0 aromatic rings. The van der Waals surface area contributed by atoms with E-state index < -0.39 is 0 Å². The van der Waals surface area contributed by atoms with Gasteiger partial charge in [0.2, 0.25) is 0 Å². The summed E-state index contributed by atoms with van der Waals surface area (Å²) in [6.07, 6.45) is 6.09. The molecule has 0 atom stereocenters. The summed E-state index contributed by atoms with van der Waals surface area (Å²) in [4.78, 5) is 10.8. The molecule has 10 heavy (non-hydrogen) atoms. The van der Waals surface area contributed by atoms with E-state index in [1.165, 1.54) is 6.42 Å². The Morgan fingerprint density at radius 2 is 2.40 bits per heavy atom. The summed E-state index contributed by atoms with van der Waals surface area (Å²) in [6.45, 7) is 0. The molecule has 0 fully saturated rings. The molecule has 0 N–H and O–H groups in total. The van der Waals surface area contributed by atoms with Gasteiger partial charge in [0.15, 0.2) is 0 Å². The van der Waals surface area contributed by atoms with E-state index in [-0.39, 0.29) is 5.97 Å². The molecule has 1 aliphatic carbocycles. The maximum atomic E-state index is 10.8. The van der Waals surface area contributed by atoms with Crippen LogP contribution in [0.4, 0.5) is 0 Å². The zero-order valence-corrected chi connectivity index (χ0v) is 5.93. The summed E-state index contributed by atoms with van der Waals surface area (Å²) in [5.41, 5.74) is 0.793. The third kappa shape index (κ3) is 1.59. The van der Waals surface area contributed by atoms with Crippen LogP contribution >= 0.6 is 0 Å². The van der Waals surface area contributed by atoms with Gasteiger partial charge in [0, 0.05) is 5.57 Å². The van der Waals surface area contributed by atoms with Gasteiger partial charge in [-0.3, -0.25) is 0 Å². The molecule has 0 saturated heterocycles. The van der Waals surface area contributed by atoms with Crippen molar-refractivity contribution in [2.24, 2.45) is 0 Å². The first kappa shape index (κ1) is 7.32. The van der Waals surface area contributed by atoms with Crippen LogP contribution in [0.2, 0.25) is 0 Å². The lowest BCUT2D eigenvalue weighted by molar-refractivity contribution is -0.134. The molecule has 2 heteroatoms. The van der Waals surface area contributed by atoms with Crippen molar-refractivity contribution in [2.45, 2.75) is 25.7 Å². The first-order chi connectivity index (χ1) is 4.84. The fraction of sp³-hybridized carbons (Fsp3) is 0.500. The quantitative estimate of drug-likeness (QED) is 0.518. The second-order valence-corrected chi connectivity index (χ2v) is 2.41. The molecule has 0 heterocycles. The molecular formula is C8H11O2. The molecule has 0 aromatic heterocycles. The van der Waals surface area contributed by atoms with Crippen molar-refractivity contribution in [1.29, 1.82) is 0 Å². The van der Waals surface area contributed by atoms with Crippen LogP contribution in [0.3, 0.4) is 0 Å². The van der Waals surface area contributed by atoms with E-state index in [1.54, 1.807) is 0 Å². The van der Waals surface area contributed by atoms with Crippen molar-refractivity contribution in [2.75, 3.05) is 0 Å². The van der Waals surface area contributed by atoms with E-state index in [0.717, 1.165) is 24.8 Å². The van der Waals surface area contributed by atoms with E-state index in [0.29, 0.717) is 0 Å². The van der Waals surface area contributed by atoms with Gasteiger partial charge in [0.1, 0.15) is 7.11 Å². The molecule has 0 amide bonds. The van der Waals surface area contributed by atoms with Crippen LogP contribution in [0.15, 0.2) is 11.6 Å². The highest BCUT2D eigenvalue weighted by Crippen LogP contribution is 2.17. The minimum Gasteiger partial charge on any atom is -0.459 e. The summed E-state index contributed by atoms with van der Waals surface area (Å²) in [5, 5.41) is 0. The minimum atomic E-state index is -0.264. The number of carbonyl (C=O) groups is 1. The molecule has 0 spiro atoms. The Balaban J connectivity index is 2.53. The topological polar surface area (TPSA) is 26.3 Å². The summed E-state index contributed by atoms with van der Waals surface area (Å²) >= 11 is 0. The molecule has 0 unspecified atom stereocenters. The highest BCUT2D eigenvalue weighted by Gasteiger charge is 2.11. The number of allylic oxidation sites excluding steroid dienone is 1. The highest BCUT2D eigenvalue weighted by molar-refractivity contribution is 5.88. The number of ether oxygens (including phenoxy) is 1.